The molecule has 3 heterocycles. The lowest BCUT2D eigenvalue weighted by atomic mass is 10.2. The molecule has 1 N–H and O–H groups in total. The van der Waals surface area contributed by atoms with Gasteiger partial charge in [0.1, 0.15) is 13.2 Å². The van der Waals surface area contributed by atoms with Gasteiger partial charge >= 0.3 is 6.01 Å². The number of aromatic nitrogens is 2. The molecule has 0 radical (unpaired) electrons. The van der Waals surface area contributed by atoms with Gasteiger partial charge in [-0.25, -0.2) is 0 Å². The van der Waals surface area contributed by atoms with Crippen LogP contribution in [0.5, 0.6) is 11.5 Å². The van der Waals surface area contributed by atoms with E-state index in [1.807, 2.05) is 12.1 Å². The summed E-state index contributed by atoms with van der Waals surface area (Å²) in [5.74, 6) is -0.0287. The molecule has 2 aromatic rings. The molecule has 10 heteroatoms. The van der Waals surface area contributed by atoms with E-state index in [4.69, 9.17) is 13.9 Å². The number of likely N-dealkylation sites (tertiary alicyclic amines) is 1. The summed E-state index contributed by atoms with van der Waals surface area (Å²) in [5, 5.41) is 9.94. The van der Waals surface area contributed by atoms with Crippen LogP contribution in [0.25, 0.3) is 0 Å². The summed E-state index contributed by atoms with van der Waals surface area (Å²) in [6.07, 6.45) is -0.362. The second-order valence-electron chi connectivity index (χ2n) is 5.73. The summed E-state index contributed by atoms with van der Waals surface area (Å²) in [6, 6.07) is 7.03. The van der Waals surface area contributed by atoms with Crippen molar-refractivity contribution in [2.24, 2.45) is 0 Å². The van der Waals surface area contributed by atoms with E-state index in [1.165, 1.54) is 0 Å². The van der Waals surface area contributed by atoms with Gasteiger partial charge in [-0.05, 0) is 12.1 Å². The second-order valence-corrected chi connectivity index (χ2v) is 5.73. The zero-order valence-electron chi connectivity index (χ0n) is 13.5. The van der Waals surface area contributed by atoms with Gasteiger partial charge in [-0.3, -0.25) is 24.6 Å². The molecule has 0 saturated carbocycles. The Morgan fingerprint density at radius 2 is 1.88 bits per heavy atom. The molecule has 3 amide bonds. The predicted molar refractivity (Wildman–Crippen MR) is 84.2 cm³/mol. The Kier molecular flexibility index (Phi) is 3.99. The lowest BCUT2D eigenvalue weighted by molar-refractivity contribution is -0.141. The number of carbonyl (C=O) groups is 3. The molecule has 1 unspecified atom stereocenters. The summed E-state index contributed by atoms with van der Waals surface area (Å²) in [6.45, 7) is -0.199. The Balaban J connectivity index is 1.38. The van der Waals surface area contributed by atoms with Crippen LogP contribution in [0.3, 0.4) is 0 Å². The number of anilines is 1. The minimum atomic E-state index is -0.607. The molecular formula is C16H14N4O6. The average Bonchev–Trinajstić information content (AvgIpc) is 3.23. The molecule has 2 aliphatic heterocycles. The number of ether oxygens (including phenoxy) is 2. The molecule has 10 nitrogen and oxygen atoms in total. The summed E-state index contributed by atoms with van der Waals surface area (Å²) in [4.78, 5) is 35.9. The van der Waals surface area contributed by atoms with E-state index in [0.717, 1.165) is 4.90 Å². The Hall–Kier alpha value is -3.43. The van der Waals surface area contributed by atoms with E-state index in [0.29, 0.717) is 11.5 Å². The van der Waals surface area contributed by atoms with Crippen LogP contribution in [-0.2, 0) is 14.4 Å². The predicted octanol–water partition coefficient (Wildman–Crippen LogP) is 0.670. The van der Waals surface area contributed by atoms with Crippen molar-refractivity contribution in [2.45, 2.75) is 18.9 Å². The Morgan fingerprint density at radius 1 is 1.15 bits per heavy atom. The summed E-state index contributed by atoms with van der Waals surface area (Å²) in [7, 11) is 0. The second kappa shape index (κ2) is 6.47. The van der Waals surface area contributed by atoms with E-state index in [-0.39, 0.29) is 49.7 Å². The minimum Gasteiger partial charge on any atom is -0.485 e. The number of fused-ring (bicyclic) bond motifs is 1. The monoisotopic (exact) mass is 358 g/mol. The molecule has 2 aliphatic rings. The minimum absolute atomic E-state index is 0.122. The van der Waals surface area contributed by atoms with Crippen LogP contribution in [0.4, 0.5) is 6.01 Å². The molecule has 0 aliphatic carbocycles. The van der Waals surface area contributed by atoms with Gasteiger partial charge in [0.15, 0.2) is 11.5 Å². The standard InChI is InChI=1S/C16H14N4O6/c21-12(7-20-13(22)5-6-14(20)23)17-16-19-18-15(26-16)11-8-24-9-3-1-2-4-10(9)25-11/h1-4,11H,5-8H2,(H,17,19,21). The highest BCUT2D eigenvalue weighted by Crippen LogP contribution is 2.35. The number of carbonyl (C=O) groups excluding carboxylic acids is 3. The molecule has 0 bridgehead atoms. The third-order valence-electron chi connectivity index (χ3n) is 3.93. The first-order valence-electron chi connectivity index (χ1n) is 7.95. The Morgan fingerprint density at radius 3 is 2.65 bits per heavy atom. The largest absolute Gasteiger partial charge is 0.485 e. The molecule has 1 atom stereocenters. The van der Waals surface area contributed by atoms with Crippen LogP contribution in [-0.4, -0.2) is 46.0 Å². The van der Waals surface area contributed by atoms with Gasteiger partial charge in [-0.15, -0.1) is 5.10 Å². The van der Waals surface area contributed by atoms with E-state index in [1.54, 1.807) is 12.1 Å². The van der Waals surface area contributed by atoms with Gasteiger partial charge in [0, 0.05) is 12.8 Å². The first-order chi connectivity index (χ1) is 12.6. The van der Waals surface area contributed by atoms with Crippen molar-refractivity contribution in [3.63, 3.8) is 0 Å². The molecular weight excluding hydrogens is 344 g/mol. The van der Waals surface area contributed by atoms with Gasteiger partial charge in [0.25, 0.3) is 5.89 Å². The van der Waals surface area contributed by atoms with Crippen molar-refractivity contribution in [2.75, 3.05) is 18.5 Å². The summed E-state index contributed by atoms with van der Waals surface area (Å²) < 4.78 is 16.7. The first-order valence-corrected chi connectivity index (χ1v) is 7.95. The van der Waals surface area contributed by atoms with Gasteiger partial charge in [-0.1, -0.05) is 17.2 Å². The van der Waals surface area contributed by atoms with E-state index in [9.17, 15) is 14.4 Å². The number of hydrogen-bond donors (Lipinski definition) is 1. The van der Waals surface area contributed by atoms with Crippen molar-refractivity contribution in [3.8, 4) is 11.5 Å². The lowest BCUT2D eigenvalue weighted by Gasteiger charge is -2.23. The van der Waals surface area contributed by atoms with Crippen LogP contribution in [0.2, 0.25) is 0 Å². The number of nitrogens with one attached hydrogen (secondary N) is 1. The maximum atomic E-state index is 12.0. The molecule has 1 aromatic carbocycles. The zero-order chi connectivity index (χ0) is 18.1. The Bertz CT molecular complexity index is 863. The number of imide groups is 1. The van der Waals surface area contributed by atoms with Crippen molar-refractivity contribution in [1.82, 2.24) is 15.1 Å². The van der Waals surface area contributed by atoms with E-state index in [2.05, 4.69) is 15.5 Å². The molecule has 1 aromatic heterocycles. The van der Waals surface area contributed by atoms with Gasteiger partial charge < -0.3 is 13.9 Å². The van der Waals surface area contributed by atoms with Crippen LogP contribution >= 0.6 is 0 Å². The van der Waals surface area contributed by atoms with Crippen LogP contribution in [0.1, 0.15) is 24.8 Å². The zero-order valence-corrected chi connectivity index (χ0v) is 13.5. The number of nitrogens with zero attached hydrogens (tertiary/aromatic N) is 3. The normalized spacial score (nSPS) is 18.9. The van der Waals surface area contributed by atoms with E-state index >= 15 is 0 Å². The van der Waals surface area contributed by atoms with Crippen molar-refractivity contribution in [3.05, 3.63) is 30.2 Å². The van der Waals surface area contributed by atoms with Crippen molar-refractivity contribution < 1.29 is 28.3 Å². The molecule has 4 rings (SSSR count). The Labute approximate surface area is 147 Å². The molecule has 0 spiro atoms. The fraction of sp³-hybridized carbons (Fsp3) is 0.312. The lowest BCUT2D eigenvalue weighted by Crippen LogP contribution is -2.36. The van der Waals surface area contributed by atoms with Crippen LogP contribution < -0.4 is 14.8 Å². The number of para-hydroxylation sites is 2. The van der Waals surface area contributed by atoms with Gasteiger partial charge in [-0.2, -0.15) is 0 Å². The van der Waals surface area contributed by atoms with Gasteiger partial charge in [0.2, 0.25) is 23.8 Å². The highest BCUT2D eigenvalue weighted by Gasteiger charge is 2.31. The summed E-state index contributed by atoms with van der Waals surface area (Å²) in [5.41, 5.74) is 0. The number of benzene rings is 1. The molecule has 1 fully saturated rings. The molecule has 134 valence electrons. The maximum Gasteiger partial charge on any atom is 0.322 e. The highest BCUT2D eigenvalue weighted by atomic mass is 16.6. The SMILES string of the molecule is O=C(CN1C(=O)CCC1=O)Nc1nnc(C2COc3ccccc3O2)o1. The third-order valence-corrected chi connectivity index (χ3v) is 3.93. The number of rotatable bonds is 4. The van der Waals surface area contributed by atoms with Crippen molar-refractivity contribution >= 4 is 23.7 Å². The number of hydrogen-bond acceptors (Lipinski definition) is 8. The quantitative estimate of drug-likeness (QED) is 0.791. The van der Waals surface area contributed by atoms with E-state index < -0.39 is 12.0 Å². The highest BCUT2D eigenvalue weighted by molar-refractivity contribution is 6.05. The number of amides is 3. The summed E-state index contributed by atoms with van der Waals surface area (Å²) >= 11 is 0. The van der Waals surface area contributed by atoms with Crippen LogP contribution in [0.15, 0.2) is 28.7 Å². The van der Waals surface area contributed by atoms with Crippen LogP contribution in [0, 0.1) is 0 Å². The topological polar surface area (TPSA) is 124 Å². The molecule has 26 heavy (non-hydrogen) atoms. The third kappa shape index (κ3) is 3.08. The fourth-order valence-electron chi connectivity index (χ4n) is 2.66. The average molecular weight is 358 g/mol. The van der Waals surface area contributed by atoms with Crippen molar-refractivity contribution in [1.29, 1.82) is 0 Å². The fourth-order valence-corrected chi connectivity index (χ4v) is 2.66. The maximum absolute atomic E-state index is 12.0. The van der Waals surface area contributed by atoms with Gasteiger partial charge in [0.05, 0.1) is 0 Å². The smallest absolute Gasteiger partial charge is 0.322 e. The molecule has 1 saturated heterocycles. The first kappa shape index (κ1) is 16.1.